The molecular weight excluding hydrogens is 392 g/mol. The van der Waals surface area contributed by atoms with Crippen LogP contribution in [0.15, 0.2) is 53.4 Å². The van der Waals surface area contributed by atoms with Crippen molar-refractivity contribution in [1.82, 2.24) is 10.2 Å². The summed E-state index contributed by atoms with van der Waals surface area (Å²) in [7, 11) is 0. The Balaban J connectivity index is 2.04. The number of nitrogens with zero attached hydrogens (tertiary/aromatic N) is 1. The van der Waals surface area contributed by atoms with Crippen LogP contribution >= 0.6 is 11.8 Å². The second kappa shape index (κ2) is 12.4. The van der Waals surface area contributed by atoms with E-state index in [1.54, 1.807) is 16.7 Å². The molecule has 0 aliphatic heterocycles. The van der Waals surface area contributed by atoms with Gasteiger partial charge in [-0.05, 0) is 50.5 Å². The Kier molecular flexibility index (Phi) is 9.95. The highest BCUT2D eigenvalue weighted by Gasteiger charge is 2.26. The van der Waals surface area contributed by atoms with Crippen LogP contribution in [0.5, 0.6) is 0 Å². The number of aryl methyl sites for hydroxylation is 2. The molecule has 0 radical (unpaired) electrons. The summed E-state index contributed by atoms with van der Waals surface area (Å²) in [5, 5.41) is 2.97. The van der Waals surface area contributed by atoms with E-state index in [9.17, 15) is 9.59 Å². The Morgan fingerprint density at radius 3 is 2.43 bits per heavy atom. The normalized spacial score (nSPS) is 11.7. The monoisotopic (exact) mass is 426 g/mol. The lowest BCUT2D eigenvalue weighted by molar-refractivity contribution is -0.140. The topological polar surface area (TPSA) is 49.4 Å². The third-order valence-corrected chi connectivity index (χ3v) is 6.22. The first-order chi connectivity index (χ1) is 14.4. The van der Waals surface area contributed by atoms with Gasteiger partial charge in [0.15, 0.2) is 0 Å². The van der Waals surface area contributed by atoms with E-state index in [1.165, 1.54) is 5.56 Å². The van der Waals surface area contributed by atoms with Crippen molar-refractivity contribution in [2.45, 2.75) is 64.4 Å². The summed E-state index contributed by atoms with van der Waals surface area (Å²) in [6.07, 6.45) is 2.37. The zero-order chi connectivity index (χ0) is 21.9. The summed E-state index contributed by atoms with van der Waals surface area (Å²) in [6.45, 7) is 9.11. The molecule has 1 N–H and O–H groups in total. The van der Waals surface area contributed by atoms with Gasteiger partial charge in [0, 0.05) is 30.2 Å². The fraction of sp³-hybridized carbons (Fsp3) is 0.440. The average Bonchev–Trinajstić information content (AvgIpc) is 2.74. The molecule has 162 valence electrons. The second-order valence-electron chi connectivity index (χ2n) is 7.68. The first-order valence-electron chi connectivity index (χ1n) is 10.7. The molecule has 0 saturated carbocycles. The first kappa shape index (κ1) is 24.0. The van der Waals surface area contributed by atoms with Gasteiger partial charge in [-0.3, -0.25) is 9.59 Å². The van der Waals surface area contributed by atoms with Gasteiger partial charge in [0.05, 0.1) is 0 Å². The molecule has 30 heavy (non-hydrogen) atoms. The molecule has 5 heteroatoms. The van der Waals surface area contributed by atoms with Crippen molar-refractivity contribution in [3.63, 3.8) is 0 Å². The number of benzene rings is 2. The highest BCUT2D eigenvalue weighted by atomic mass is 32.2. The molecule has 0 fully saturated rings. The fourth-order valence-corrected chi connectivity index (χ4v) is 3.96. The zero-order valence-electron chi connectivity index (χ0n) is 18.6. The summed E-state index contributed by atoms with van der Waals surface area (Å²) in [4.78, 5) is 28.6. The smallest absolute Gasteiger partial charge is 0.242 e. The maximum absolute atomic E-state index is 13.1. The molecule has 0 saturated heterocycles. The van der Waals surface area contributed by atoms with Crippen molar-refractivity contribution < 1.29 is 9.59 Å². The third-order valence-electron chi connectivity index (χ3n) is 5.20. The molecule has 0 aromatic heterocycles. The Labute approximate surface area is 185 Å². The Morgan fingerprint density at radius 2 is 1.77 bits per heavy atom. The van der Waals surface area contributed by atoms with Gasteiger partial charge in [0.25, 0.3) is 0 Å². The van der Waals surface area contributed by atoms with Crippen molar-refractivity contribution in [3.8, 4) is 0 Å². The van der Waals surface area contributed by atoms with Gasteiger partial charge >= 0.3 is 0 Å². The molecule has 1 unspecified atom stereocenters. The van der Waals surface area contributed by atoms with Gasteiger partial charge in [0.1, 0.15) is 6.04 Å². The van der Waals surface area contributed by atoms with Crippen molar-refractivity contribution in [3.05, 3.63) is 65.2 Å². The highest BCUT2D eigenvalue weighted by molar-refractivity contribution is 7.99. The highest BCUT2D eigenvalue weighted by Crippen LogP contribution is 2.21. The molecule has 0 bridgehead atoms. The van der Waals surface area contributed by atoms with E-state index < -0.39 is 6.04 Å². The predicted octanol–water partition coefficient (Wildman–Crippen LogP) is 5.12. The van der Waals surface area contributed by atoms with E-state index in [2.05, 4.69) is 43.4 Å². The fourth-order valence-electron chi connectivity index (χ4n) is 3.12. The van der Waals surface area contributed by atoms with Crippen LogP contribution in [0, 0.1) is 13.8 Å². The molecule has 0 heterocycles. The quantitative estimate of drug-likeness (QED) is 0.401. The lowest BCUT2D eigenvalue weighted by Crippen LogP contribution is -2.48. The number of thioether (sulfide) groups is 1. The van der Waals surface area contributed by atoms with Gasteiger partial charge in [-0.2, -0.15) is 0 Å². The molecule has 1 atom stereocenters. The van der Waals surface area contributed by atoms with Crippen molar-refractivity contribution in [2.75, 3.05) is 12.3 Å². The number of nitrogens with one attached hydrogen (secondary N) is 1. The van der Waals surface area contributed by atoms with Crippen LogP contribution in [-0.4, -0.2) is 35.1 Å². The van der Waals surface area contributed by atoms with Crippen LogP contribution in [0.1, 0.15) is 49.8 Å². The van der Waals surface area contributed by atoms with Crippen LogP contribution in [0.3, 0.4) is 0 Å². The van der Waals surface area contributed by atoms with E-state index in [4.69, 9.17) is 0 Å². The number of unbranched alkanes of at least 4 members (excludes halogenated alkanes) is 1. The van der Waals surface area contributed by atoms with Gasteiger partial charge < -0.3 is 10.2 Å². The largest absolute Gasteiger partial charge is 0.354 e. The minimum atomic E-state index is -0.502. The molecular formula is C25H34N2O2S. The minimum absolute atomic E-state index is 0.0102. The van der Waals surface area contributed by atoms with Crippen molar-refractivity contribution in [1.29, 1.82) is 0 Å². The van der Waals surface area contributed by atoms with Crippen LogP contribution in [0.2, 0.25) is 0 Å². The van der Waals surface area contributed by atoms with Gasteiger partial charge in [-0.25, -0.2) is 0 Å². The number of amides is 2. The number of carbonyl (C=O) groups excluding carboxylic acids is 2. The molecule has 4 nitrogen and oxygen atoms in total. The number of hydrogen-bond donors (Lipinski definition) is 1. The minimum Gasteiger partial charge on any atom is -0.354 e. The number of hydrogen-bond acceptors (Lipinski definition) is 3. The van der Waals surface area contributed by atoms with Crippen LogP contribution in [0.4, 0.5) is 0 Å². The SMILES string of the molecule is CCCCNC(=O)C(C)N(Cc1ccccc1C)C(=O)CCSc1ccc(C)cc1. The summed E-state index contributed by atoms with van der Waals surface area (Å²) < 4.78 is 0. The third kappa shape index (κ3) is 7.52. The van der Waals surface area contributed by atoms with Gasteiger partial charge in [-0.1, -0.05) is 55.3 Å². The number of rotatable bonds is 11. The van der Waals surface area contributed by atoms with Crippen molar-refractivity contribution >= 4 is 23.6 Å². The summed E-state index contributed by atoms with van der Waals surface area (Å²) in [5.74, 6) is 0.614. The van der Waals surface area contributed by atoms with E-state index in [0.717, 1.165) is 28.9 Å². The molecule has 2 aromatic rings. The van der Waals surface area contributed by atoms with Gasteiger partial charge in [-0.15, -0.1) is 11.8 Å². The van der Waals surface area contributed by atoms with Crippen LogP contribution in [0.25, 0.3) is 0 Å². The summed E-state index contributed by atoms with van der Waals surface area (Å²) in [5.41, 5.74) is 3.43. The molecule has 2 amide bonds. The Morgan fingerprint density at radius 1 is 1.07 bits per heavy atom. The Bertz CT molecular complexity index is 820. The van der Waals surface area contributed by atoms with Gasteiger partial charge in [0.2, 0.25) is 11.8 Å². The van der Waals surface area contributed by atoms with E-state index >= 15 is 0 Å². The van der Waals surface area contributed by atoms with Crippen LogP contribution in [-0.2, 0) is 16.1 Å². The lowest BCUT2D eigenvalue weighted by atomic mass is 10.1. The molecule has 0 aliphatic rings. The number of carbonyl (C=O) groups is 2. The van der Waals surface area contributed by atoms with E-state index in [-0.39, 0.29) is 11.8 Å². The maximum Gasteiger partial charge on any atom is 0.242 e. The predicted molar refractivity (Wildman–Crippen MR) is 126 cm³/mol. The summed E-state index contributed by atoms with van der Waals surface area (Å²) in [6, 6.07) is 15.9. The molecule has 2 rings (SSSR count). The molecule has 0 aliphatic carbocycles. The first-order valence-corrected chi connectivity index (χ1v) is 11.7. The summed E-state index contributed by atoms with van der Waals surface area (Å²) >= 11 is 1.67. The average molecular weight is 427 g/mol. The Hall–Kier alpha value is -2.27. The molecule has 2 aromatic carbocycles. The van der Waals surface area contributed by atoms with Crippen LogP contribution < -0.4 is 5.32 Å². The maximum atomic E-state index is 13.1. The lowest BCUT2D eigenvalue weighted by Gasteiger charge is -2.29. The van der Waals surface area contributed by atoms with Crippen molar-refractivity contribution in [2.24, 2.45) is 0 Å². The zero-order valence-corrected chi connectivity index (χ0v) is 19.4. The standard InChI is InChI=1S/C25H34N2O2S/c1-5-6-16-26-25(29)21(4)27(18-22-10-8-7-9-20(22)3)24(28)15-17-30-23-13-11-19(2)12-14-23/h7-14,21H,5-6,15-18H2,1-4H3,(H,26,29). The molecule has 0 spiro atoms. The second-order valence-corrected chi connectivity index (χ2v) is 8.85. The van der Waals surface area contributed by atoms with E-state index in [0.29, 0.717) is 25.3 Å². The van der Waals surface area contributed by atoms with E-state index in [1.807, 2.05) is 38.1 Å².